The van der Waals surface area contributed by atoms with E-state index in [0.717, 1.165) is 12.8 Å². The van der Waals surface area contributed by atoms with E-state index in [0.29, 0.717) is 24.9 Å². The van der Waals surface area contributed by atoms with Crippen LogP contribution in [0, 0.1) is 17.3 Å². The highest BCUT2D eigenvalue weighted by Crippen LogP contribution is 2.54. The number of rotatable bonds is 1. The zero-order valence-electron chi connectivity index (χ0n) is 11.1. The summed E-state index contributed by atoms with van der Waals surface area (Å²) in [5.74, 6) is 0.970. The standard InChI is InChI=1S/C13H24N2O2/c1-12(2,3)13(8-14)10-6-4-5-9(10)7-15(13)11(16)17/h9-10H,4-8,14H2,1-3H3,(H,16,17). The average Bonchev–Trinajstić information content (AvgIpc) is 2.72. The van der Waals surface area contributed by atoms with Crippen LogP contribution in [-0.4, -0.2) is 34.7 Å². The third-order valence-corrected chi connectivity index (χ3v) is 5.01. The van der Waals surface area contributed by atoms with Gasteiger partial charge in [0.2, 0.25) is 0 Å². The van der Waals surface area contributed by atoms with Crippen LogP contribution in [0.4, 0.5) is 4.79 Å². The Morgan fingerprint density at radius 2 is 2.12 bits per heavy atom. The van der Waals surface area contributed by atoms with Gasteiger partial charge in [-0.25, -0.2) is 4.79 Å². The van der Waals surface area contributed by atoms with E-state index < -0.39 is 6.09 Å². The van der Waals surface area contributed by atoms with Crippen molar-refractivity contribution in [2.75, 3.05) is 13.1 Å². The summed E-state index contributed by atoms with van der Waals surface area (Å²) in [4.78, 5) is 13.2. The number of nitrogens with zero attached hydrogens (tertiary/aromatic N) is 1. The molecule has 0 spiro atoms. The van der Waals surface area contributed by atoms with Gasteiger partial charge in [-0.05, 0) is 30.1 Å². The number of fused-ring (bicyclic) bond motifs is 1. The van der Waals surface area contributed by atoms with Gasteiger partial charge >= 0.3 is 6.09 Å². The lowest BCUT2D eigenvalue weighted by Crippen LogP contribution is -2.62. The van der Waals surface area contributed by atoms with Crippen LogP contribution in [0.25, 0.3) is 0 Å². The number of amides is 1. The third-order valence-electron chi connectivity index (χ3n) is 5.01. The molecule has 1 saturated heterocycles. The zero-order chi connectivity index (χ0) is 12.8. The van der Waals surface area contributed by atoms with Crippen molar-refractivity contribution in [2.45, 2.75) is 45.6 Å². The molecule has 0 aromatic carbocycles. The number of hydrogen-bond acceptors (Lipinski definition) is 2. The van der Waals surface area contributed by atoms with Gasteiger partial charge in [0, 0.05) is 13.1 Å². The molecule has 3 unspecified atom stereocenters. The highest BCUT2D eigenvalue weighted by Gasteiger charge is 2.61. The second-order valence-corrected chi connectivity index (χ2v) is 6.57. The molecule has 98 valence electrons. The fourth-order valence-corrected chi connectivity index (χ4v) is 4.26. The van der Waals surface area contributed by atoms with Gasteiger partial charge in [-0.3, -0.25) is 0 Å². The largest absolute Gasteiger partial charge is 0.465 e. The van der Waals surface area contributed by atoms with E-state index in [2.05, 4.69) is 20.8 Å². The van der Waals surface area contributed by atoms with Gasteiger partial charge in [-0.2, -0.15) is 0 Å². The molecule has 0 aromatic rings. The quantitative estimate of drug-likeness (QED) is 0.738. The van der Waals surface area contributed by atoms with Crippen molar-refractivity contribution in [3.8, 4) is 0 Å². The van der Waals surface area contributed by atoms with E-state index >= 15 is 0 Å². The number of nitrogens with two attached hydrogens (primary N) is 1. The first-order chi connectivity index (χ1) is 7.84. The van der Waals surface area contributed by atoms with Crippen molar-refractivity contribution < 1.29 is 9.90 Å². The van der Waals surface area contributed by atoms with Crippen LogP contribution in [0.1, 0.15) is 40.0 Å². The Kier molecular flexibility index (Phi) is 2.89. The van der Waals surface area contributed by atoms with Crippen LogP contribution in [-0.2, 0) is 0 Å². The van der Waals surface area contributed by atoms with Gasteiger partial charge in [0.25, 0.3) is 0 Å². The maximum Gasteiger partial charge on any atom is 0.407 e. The molecule has 0 aromatic heterocycles. The Balaban J connectivity index is 2.46. The van der Waals surface area contributed by atoms with Crippen LogP contribution in [0.15, 0.2) is 0 Å². The molecule has 3 atom stereocenters. The van der Waals surface area contributed by atoms with Gasteiger partial charge < -0.3 is 15.7 Å². The molecule has 4 nitrogen and oxygen atoms in total. The molecular formula is C13H24N2O2. The topological polar surface area (TPSA) is 66.6 Å². The van der Waals surface area contributed by atoms with Gasteiger partial charge in [0.05, 0.1) is 5.54 Å². The predicted octanol–water partition coefficient (Wildman–Crippen LogP) is 2.14. The molecule has 17 heavy (non-hydrogen) atoms. The molecule has 1 saturated carbocycles. The average molecular weight is 240 g/mol. The first-order valence-corrected chi connectivity index (χ1v) is 6.55. The lowest BCUT2D eigenvalue weighted by Gasteiger charge is -2.49. The van der Waals surface area contributed by atoms with Gasteiger partial charge in [-0.1, -0.05) is 27.2 Å². The SMILES string of the molecule is CC(C)(C)C1(CN)C2CCCC2CN1C(=O)O. The molecule has 2 rings (SSSR count). The van der Waals surface area contributed by atoms with Gasteiger partial charge in [0.1, 0.15) is 0 Å². The minimum Gasteiger partial charge on any atom is -0.465 e. The van der Waals surface area contributed by atoms with E-state index in [4.69, 9.17) is 5.73 Å². The maximum absolute atomic E-state index is 11.5. The Hall–Kier alpha value is -0.770. The first-order valence-electron chi connectivity index (χ1n) is 6.55. The van der Waals surface area contributed by atoms with Crippen molar-refractivity contribution in [1.82, 2.24) is 4.90 Å². The number of carboxylic acid groups (broad SMARTS) is 1. The molecular weight excluding hydrogens is 216 g/mol. The first kappa shape index (κ1) is 12.7. The summed E-state index contributed by atoms with van der Waals surface area (Å²) in [5.41, 5.74) is 5.55. The summed E-state index contributed by atoms with van der Waals surface area (Å²) in [6.07, 6.45) is 2.70. The molecule has 0 bridgehead atoms. The van der Waals surface area contributed by atoms with Crippen LogP contribution in [0.5, 0.6) is 0 Å². The van der Waals surface area contributed by atoms with Gasteiger partial charge in [0.15, 0.2) is 0 Å². The molecule has 1 amide bonds. The molecule has 1 heterocycles. The summed E-state index contributed by atoms with van der Waals surface area (Å²) >= 11 is 0. The summed E-state index contributed by atoms with van der Waals surface area (Å²) in [7, 11) is 0. The summed E-state index contributed by atoms with van der Waals surface area (Å²) in [6.45, 7) is 7.47. The van der Waals surface area contributed by atoms with Gasteiger partial charge in [-0.15, -0.1) is 0 Å². The van der Waals surface area contributed by atoms with Crippen LogP contribution < -0.4 is 5.73 Å². The van der Waals surface area contributed by atoms with E-state index in [1.165, 1.54) is 6.42 Å². The molecule has 4 heteroatoms. The van der Waals surface area contributed by atoms with E-state index in [-0.39, 0.29) is 11.0 Å². The van der Waals surface area contributed by atoms with E-state index in [9.17, 15) is 9.90 Å². The zero-order valence-corrected chi connectivity index (χ0v) is 11.1. The highest BCUT2D eigenvalue weighted by molar-refractivity contribution is 5.67. The highest BCUT2D eigenvalue weighted by atomic mass is 16.4. The molecule has 1 aliphatic carbocycles. The molecule has 2 fully saturated rings. The maximum atomic E-state index is 11.5. The van der Waals surface area contributed by atoms with Crippen molar-refractivity contribution >= 4 is 6.09 Å². The Morgan fingerprint density at radius 1 is 1.47 bits per heavy atom. The Labute approximate surface area is 103 Å². The minimum absolute atomic E-state index is 0.107. The van der Waals surface area contributed by atoms with E-state index in [1.54, 1.807) is 4.90 Å². The van der Waals surface area contributed by atoms with Crippen LogP contribution >= 0.6 is 0 Å². The second-order valence-electron chi connectivity index (χ2n) is 6.57. The fourth-order valence-electron chi connectivity index (χ4n) is 4.26. The normalized spacial score (nSPS) is 37.3. The number of likely N-dealkylation sites (tertiary alicyclic amines) is 1. The van der Waals surface area contributed by atoms with Crippen molar-refractivity contribution in [3.63, 3.8) is 0 Å². The summed E-state index contributed by atoms with van der Waals surface area (Å²) < 4.78 is 0. The fraction of sp³-hybridized carbons (Fsp3) is 0.923. The molecule has 2 aliphatic rings. The second kappa shape index (κ2) is 3.87. The van der Waals surface area contributed by atoms with Crippen molar-refractivity contribution in [3.05, 3.63) is 0 Å². The Morgan fingerprint density at radius 3 is 2.59 bits per heavy atom. The lowest BCUT2D eigenvalue weighted by molar-refractivity contribution is 0.00788. The lowest BCUT2D eigenvalue weighted by atomic mass is 9.65. The number of hydrogen-bond donors (Lipinski definition) is 2. The Bertz CT molecular complexity index is 324. The van der Waals surface area contributed by atoms with Crippen LogP contribution in [0.2, 0.25) is 0 Å². The molecule has 0 radical (unpaired) electrons. The van der Waals surface area contributed by atoms with E-state index in [1.807, 2.05) is 0 Å². The molecule has 3 N–H and O–H groups in total. The van der Waals surface area contributed by atoms with Crippen LogP contribution in [0.3, 0.4) is 0 Å². The predicted molar refractivity (Wildman–Crippen MR) is 66.8 cm³/mol. The molecule has 1 aliphatic heterocycles. The minimum atomic E-state index is -0.806. The monoisotopic (exact) mass is 240 g/mol. The smallest absolute Gasteiger partial charge is 0.407 e. The summed E-state index contributed by atoms with van der Waals surface area (Å²) in [6, 6.07) is 0. The summed E-state index contributed by atoms with van der Waals surface area (Å²) in [5, 5.41) is 9.47. The third kappa shape index (κ3) is 1.57. The number of carbonyl (C=O) groups is 1. The van der Waals surface area contributed by atoms with Crippen molar-refractivity contribution in [2.24, 2.45) is 23.0 Å². The van der Waals surface area contributed by atoms with Crippen molar-refractivity contribution in [1.29, 1.82) is 0 Å².